The number of amides is 1. The molecule has 120 valence electrons. The second-order valence-corrected chi connectivity index (χ2v) is 5.92. The number of hydrogen-bond acceptors (Lipinski definition) is 3. The van der Waals surface area contributed by atoms with E-state index in [0.29, 0.717) is 12.1 Å². The van der Waals surface area contributed by atoms with Gasteiger partial charge < -0.3 is 9.64 Å². The van der Waals surface area contributed by atoms with Gasteiger partial charge in [-0.15, -0.1) is 0 Å². The van der Waals surface area contributed by atoms with Gasteiger partial charge >= 0.3 is 6.61 Å². The van der Waals surface area contributed by atoms with Gasteiger partial charge in [-0.25, -0.2) is 0 Å². The Morgan fingerprint density at radius 3 is 2.91 bits per heavy atom. The van der Waals surface area contributed by atoms with Crippen LogP contribution in [0.2, 0.25) is 0 Å². The number of fused-ring (bicyclic) bond motifs is 1. The lowest BCUT2D eigenvalue weighted by Crippen LogP contribution is -2.58. The van der Waals surface area contributed by atoms with Crippen LogP contribution in [0.4, 0.5) is 8.78 Å². The number of benzene rings is 1. The highest BCUT2D eigenvalue weighted by Crippen LogP contribution is 2.29. The molecule has 0 aliphatic carbocycles. The Hall–Kier alpha value is -1.69. The lowest BCUT2D eigenvalue weighted by atomic mass is 10.1. The zero-order valence-corrected chi connectivity index (χ0v) is 12.5. The average Bonchev–Trinajstić information content (AvgIpc) is 2.94. The van der Waals surface area contributed by atoms with Crippen LogP contribution in [0, 0.1) is 0 Å². The normalized spacial score (nSPS) is 25.6. The molecule has 0 saturated carbocycles. The Morgan fingerprint density at radius 1 is 1.36 bits per heavy atom. The SMILES string of the molecule is C[C@H]1C(=O)N2CCC[C@H]2CN1Cc1ccccc1OC(F)F. The fourth-order valence-electron chi connectivity index (χ4n) is 3.41. The summed E-state index contributed by atoms with van der Waals surface area (Å²) in [6.45, 7) is 1.11. The molecule has 1 aromatic carbocycles. The largest absolute Gasteiger partial charge is 0.434 e. The molecule has 2 aliphatic heterocycles. The number of carbonyl (C=O) groups is 1. The number of para-hydroxylation sites is 1. The van der Waals surface area contributed by atoms with Crippen molar-refractivity contribution in [3.8, 4) is 5.75 Å². The van der Waals surface area contributed by atoms with E-state index in [4.69, 9.17) is 0 Å². The number of hydrogen-bond donors (Lipinski definition) is 0. The summed E-state index contributed by atoms with van der Waals surface area (Å²) < 4.78 is 29.6. The fourth-order valence-corrected chi connectivity index (χ4v) is 3.41. The van der Waals surface area contributed by atoms with Crippen molar-refractivity contribution in [1.82, 2.24) is 9.80 Å². The number of halogens is 2. The van der Waals surface area contributed by atoms with E-state index >= 15 is 0 Å². The van der Waals surface area contributed by atoms with Gasteiger partial charge in [0.05, 0.1) is 6.04 Å². The molecule has 2 atom stereocenters. The molecule has 2 aliphatic rings. The third-order valence-corrected chi connectivity index (χ3v) is 4.57. The van der Waals surface area contributed by atoms with Crippen molar-refractivity contribution < 1.29 is 18.3 Å². The van der Waals surface area contributed by atoms with E-state index in [1.54, 1.807) is 24.3 Å². The van der Waals surface area contributed by atoms with Gasteiger partial charge in [-0.1, -0.05) is 18.2 Å². The van der Waals surface area contributed by atoms with E-state index in [-0.39, 0.29) is 23.7 Å². The van der Waals surface area contributed by atoms with Gasteiger partial charge in [-0.3, -0.25) is 9.69 Å². The molecule has 4 nitrogen and oxygen atoms in total. The van der Waals surface area contributed by atoms with Crippen molar-refractivity contribution in [3.63, 3.8) is 0 Å². The molecule has 2 fully saturated rings. The zero-order chi connectivity index (χ0) is 15.7. The van der Waals surface area contributed by atoms with E-state index in [9.17, 15) is 13.6 Å². The average molecular weight is 310 g/mol. The monoisotopic (exact) mass is 310 g/mol. The van der Waals surface area contributed by atoms with Gasteiger partial charge in [0.2, 0.25) is 5.91 Å². The fraction of sp³-hybridized carbons (Fsp3) is 0.562. The smallest absolute Gasteiger partial charge is 0.387 e. The molecule has 6 heteroatoms. The maximum atomic E-state index is 12.5. The van der Waals surface area contributed by atoms with Crippen molar-refractivity contribution in [3.05, 3.63) is 29.8 Å². The summed E-state index contributed by atoms with van der Waals surface area (Å²) in [4.78, 5) is 16.4. The van der Waals surface area contributed by atoms with Crippen LogP contribution in [0.25, 0.3) is 0 Å². The van der Waals surface area contributed by atoms with Crippen molar-refractivity contribution >= 4 is 5.91 Å². The standard InChI is InChI=1S/C16H20F2N2O2/c1-11-15(21)20-8-4-6-13(20)10-19(11)9-12-5-2-3-7-14(12)22-16(17)18/h2-3,5,7,11,13,16H,4,6,8-10H2,1H3/t11-,13-/m0/s1. The number of carbonyl (C=O) groups excluding carboxylic acids is 1. The molecular formula is C16H20F2N2O2. The highest BCUT2D eigenvalue weighted by molar-refractivity contribution is 5.83. The third-order valence-electron chi connectivity index (χ3n) is 4.57. The number of alkyl halides is 2. The van der Waals surface area contributed by atoms with E-state index in [2.05, 4.69) is 9.64 Å². The Bertz CT molecular complexity index is 553. The van der Waals surface area contributed by atoms with E-state index < -0.39 is 6.61 Å². The van der Waals surface area contributed by atoms with Gasteiger partial charge in [0.1, 0.15) is 5.75 Å². The summed E-state index contributed by atoms with van der Waals surface area (Å²) in [5, 5.41) is 0. The predicted molar refractivity (Wildman–Crippen MR) is 77.7 cm³/mol. The van der Waals surface area contributed by atoms with Crippen molar-refractivity contribution in [1.29, 1.82) is 0 Å². The lowest BCUT2D eigenvalue weighted by Gasteiger charge is -2.41. The summed E-state index contributed by atoms with van der Waals surface area (Å²) in [5.41, 5.74) is 0.689. The van der Waals surface area contributed by atoms with Crippen LogP contribution in [0.3, 0.4) is 0 Å². The minimum Gasteiger partial charge on any atom is -0.434 e. The Labute approximate surface area is 128 Å². The molecule has 3 rings (SSSR count). The lowest BCUT2D eigenvalue weighted by molar-refractivity contribution is -0.143. The predicted octanol–water partition coefficient (Wildman–Crippen LogP) is 2.48. The molecule has 2 heterocycles. The number of piperazine rings is 1. The molecule has 0 N–H and O–H groups in total. The molecule has 1 amide bonds. The molecule has 0 unspecified atom stereocenters. The summed E-state index contributed by atoms with van der Waals surface area (Å²) in [6.07, 6.45) is 2.06. The van der Waals surface area contributed by atoms with Crippen molar-refractivity contribution in [2.45, 2.75) is 45.0 Å². The maximum Gasteiger partial charge on any atom is 0.387 e. The molecule has 0 bridgehead atoms. The van der Waals surface area contributed by atoms with Gasteiger partial charge in [0, 0.05) is 31.2 Å². The maximum absolute atomic E-state index is 12.5. The zero-order valence-electron chi connectivity index (χ0n) is 12.5. The Kier molecular flexibility index (Phi) is 4.29. The number of ether oxygens (including phenoxy) is 1. The minimum atomic E-state index is -2.84. The van der Waals surface area contributed by atoms with E-state index in [1.807, 2.05) is 11.8 Å². The van der Waals surface area contributed by atoms with Crippen molar-refractivity contribution in [2.24, 2.45) is 0 Å². The summed E-state index contributed by atoms with van der Waals surface area (Å²) in [7, 11) is 0. The molecule has 0 radical (unpaired) electrons. The van der Waals surface area contributed by atoms with Crippen LogP contribution in [0.1, 0.15) is 25.3 Å². The van der Waals surface area contributed by atoms with Gasteiger partial charge in [-0.05, 0) is 25.8 Å². The minimum absolute atomic E-state index is 0.140. The molecule has 0 spiro atoms. The highest BCUT2D eigenvalue weighted by atomic mass is 19.3. The van der Waals surface area contributed by atoms with E-state index in [1.165, 1.54) is 0 Å². The van der Waals surface area contributed by atoms with Gasteiger partial charge in [0.25, 0.3) is 0 Å². The number of nitrogens with zero attached hydrogens (tertiary/aromatic N) is 2. The van der Waals surface area contributed by atoms with Crippen LogP contribution in [0.5, 0.6) is 5.75 Å². The summed E-state index contributed by atoms with van der Waals surface area (Å²) in [6, 6.07) is 6.81. The van der Waals surface area contributed by atoms with Crippen LogP contribution in [0.15, 0.2) is 24.3 Å². The quantitative estimate of drug-likeness (QED) is 0.856. The Morgan fingerprint density at radius 2 is 2.14 bits per heavy atom. The first kappa shape index (κ1) is 15.2. The van der Waals surface area contributed by atoms with Gasteiger partial charge in [0.15, 0.2) is 0 Å². The highest BCUT2D eigenvalue weighted by Gasteiger charge is 2.40. The van der Waals surface area contributed by atoms with Crippen LogP contribution >= 0.6 is 0 Å². The molecule has 22 heavy (non-hydrogen) atoms. The second kappa shape index (κ2) is 6.20. The summed E-state index contributed by atoms with van der Waals surface area (Å²) in [5.74, 6) is 0.326. The number of rotatable bonds is 4. The second-order valence-electron chi connectivity index (χ2n) is 5.92. The molecule has 1 aromatic rings. The first-order chi connectivity index (χ1) is 10.6. The first-order valence-corrected chi connectivity index (χ1v) is 7.63. The van der Waals surface area contributed by atoms with Gasteiger partial charge in [-0.2, -0.15) is 8.78 Å². The summed E-state index contributed by atoms with van der Waals surface area (Å²) >= 11 is 0. The van der Waals surface area contributed by atoms with Crippen LogP contribution in [-0.2, 0) is 11.3 Å². The first-order valence-electron chi connectivity index (χ1n) is 7.63. The van der Waals surface area contributed by atoms with Crippen LogP contribution in [-0.4, -0.2) is 47.5 Å². The Balaban J connectivity index is 1.76. The molecule has 0 aromatic heterocycles. The van der Waals surface area contributed by atoms with Crippen molar-refractivity contribution in [2.75, 3.05) is 13.1 Å². The topological polar surface area (TPSA) is 32.8 Å². The third kappa shape index (κ3) is 2.92. The van der Waals surface area contributed by atoms with E-state index in [0.717, 1.165) is 25.9 Å². The van der Waals surface area contributed by atoms with Crippen LogP contribution < -0.4 is 4.74 Å². The molecule has 2 saturated heterocycles. The molecular weight excluding hydrogens is 290 g/mol.